The van der Waals surface area contributed by atoms with Crippen LogP contribution >= 0.6 is 0 Å². The molecule has 1 aromatic carbocycles. The number of hydrogen-bond acceptors (Lipinski definition) is 4. The van der Waals surface area contributed by atoms with Gasteiger partial charge < -0.3 is 15.7 Å². The second kappa shape index (κ2) is 6.72. The van der Waals surface area contributed by atoms with Crippen molar-refractivity contribution < 1.29 is 9.90 Å². The van der Waals surface area contributed by atoms with Crippen LogP contribution in [0.4, 0.5) is 11.4 Å². The van der Waals surface area contributed by atoms with Gasteiger partial charge in [0.05, 0.1) is 6.54 Å². The summed E-state index contributed by atoms with van der Waals surface area (Å²) in [6.07, 6.45) is 1.90. The van der Waals surface area contributed by atoms with E-state index in [0.29, 0.717) is 18.2 Å². The van der Waals surface area contributed by atoms with Crippen molar-refractivity contribution >= 4 is 17.3 Å². The fraction of sp³-hybridized carbons (Fsp3) is 0.533. The molecule has 20 heavy (non-hydrogen) atoms. The van der Waals surface area contributed by atoms with Gasteiger partial charge in [0.25, 0.3) is 0 Å². The van der Waals surface area contributed by atoms with Crippen LogP contribution in [0.3, 0.4) is 0 Å². The van der Waals surface area contributed by atoms with Crippen molar-refractivity contribution in [1.29, 1.82) is 0 Å². The van der Waals surface area contributed by atoms with E-state index >= 15 is 0 Å². The maximum atomic E-state index is 12.3. The number of hydrogen-bond donors (Lipinski definition) is 2. The molecule has 5 heteroatoms. The molecule has 3 N–H and O–H groups in total. The summed E-state index contributed by atoms with van der Waals surface area (Å²) in [6, 6.07) is 7.30. The number of nitrogens with zero attached hydrogens (tertiary/aromatic N) is 2. The zero-order valence-electron chi connectivity index (χ0n) is 12.0. The number of aliphatic hydroxyl groups is 1. The van der Waals surface area contributed by atoms with Crippen molar-refractivity contribution in [1.82, 2.24) is 4.90 Å². The molecule has 1 unspecified atom stereocenters. The summed E-state index contributed by atoms with van der Waals surface area (Å²) < 4.78 is 0. The number of nitrogen functional groups attached to an aromatic ring is 1. The van der Waals surface area contributed by atoms with Crippen LogP contribution in [0.15, 0.2) is 24.3 Å². The molecule has 0 spiro atoms. The quantitative estimate of drug-likeness (QED) is 0.786. The first-order valence-electron chi connectivity index (χ1n) is 7.05. The lowest BCUT2D eigenvalue weighted by Crippen LogP contribution is -2.37. The third-order valence-electron chi connectivity index (χ3n) is 3.92. The highest BCUT2D eigenvalue weighted by molar-refractivity contribution is 5.94. The number of likely N-dealkylation sites (tertiary alicyclic amines) is 1. The number of carbonyl (C=O) groups excluding carboxylic acids is 1. The van der Waals surface area contributed by atoms with Crippen LogP contribution in [-0.2, 0) is 4.79 Å². The molecule has 1 atom stereocenters. The summed E-state index contributed by atoms with van der Waals surface area (Å²) in [5.74, 6) is 0.606. The number of likely N-dealkylation sites (N-methyl/N-ethyl adjacent to an activating group) is 1. The summed E-state index contributed by atoms with van der Waals surface area (Å²) in [7, 11) is 1.79. The maximum Gasteiger partial charge on any atom is 0.240 e. The predicted octanol–water partition coefficient (Wildman–Crippen LogP) is 0.936. The first-order chi connectivity index (χ1) is 9.60. The third-order valence-corrected chi connectivity index (χ3v) is 3.92. The molecule has 2 rings (SSSR count). The zero-order valence-corrected chi connectivity index (χ0v) is 12.0. The first kappa shape index (κ1) is 14.8. The van der Waals surface area contributed by atoms with E-state index in [2.05, 4.69) is 4.90 Å². The molecule has 1 aliphatic heterocycles. The molecular weight excluding hydrogens is 254 g/mol. The highest BCUT2D eigenvalue weighted by Crippen LogP contribution is 2.20. The summed E-state index contributed by atoms with van der Waals surface area (Å²) in [4.78, 5) is 16.1. The largest absolute Gasteiger partial charge is 0.399 e. The number of nitrogens with two attached hydrogens (primary N) is 1. The van der Waals surface area contributed by atoms with E-state index in [4.69, 9.17) is 10.8 Å². The molecule has 1 heterocycles. The Bertz CT molecular complexity index is 447. The molecule has 1 aromatic rings. The minimum Gasteiger partial charge on any atom is -0.399 e. The normalized spacial score (nSPS) is 19.2. The lowest BCUT2D eigenvalue weighted by Gasteiger charge is -2.22. The molecule has 0 aromatic heterocycles. The standard InChI is InChI=1S/C15H23N3O2/c1-17(14-4-2-13(16)3-5-14)15(20)11-18-8-6-12(10-18)7-9-19/h2-5,12,19H,6-11,16H2,1H3. The Labute approximate surface area is 120 Å². The summed E-state index contributed by atoms with van der Waals surface area (Å²) in [5.41, 5.74) is 7.20. The number of carbonyl (C=O) groups is 1. The molecule has 110 valence electrons. The third kappa shape index (κ3) is 3.71. The van der Waals surface area contributed by atoms with Gasteiger partial charge in [-0.15, -0.1) is 0 Å². The summed E-state index contributed by atoms with van der Waals surface area (Å²) in [6.45, 7) is 2.51. The van der Waals surface area contributed by atoms with Crippen molar-refractivity contribution in [2.45, 2.75) is 12.8 Å². The van der Waals surface area contributed by atoms with Gasteiger partial charge in [0.1, 0.15) is 0 Å². The molecule has 0 saturated carbocycles. The van der Waals surface area contributed by atoms with Gasteiger partial charge in [-0.25, -0.2) is 0 Å². The number of benzene rings is 1. The van der Waals surface area contributed by atoms with Gasteiger partial charge >= 0.3 is 0 Å². The fourth-order valence-electron chi connectivity index (χ4n) is 2.61. The van der Waals surface area contributed by atoms with Gasteiger partial charge in [-0.05, 0) is 49.6 Å². The molecular formula is C15H23N3O2. The van der Waals surface area contributed by atoms with Crippen LogP contribution in [0.5, 0.6) is 0 Å². The highest BCUT2D eigenvalue weighted by atomic mass is 16.3. The van der Waals surface area contributed by atoms with E-state index in [-0.39, 0.29) is 12.5 Å². The van der Waals surface area contributed by atoms with E-state index in [1.807, 2.05) is 12.1 Å². The van der Waals surface area contributed by atoms with Crippen LogP contribution < -0.4 is 10.6 Å². The van der Waals surface area contributed by atoms with E-state index in [0.717, 1.165) is 31.6 Å². The summed E-state index contributed by atoms with van der Waals surface area (Å²) >= 11 is 0. The van der Waals surface area contributed by atoms with Crippen LogP contribution in [0, 0.1) is 5.92 Å². The average molecular weight is 277 g/mol. The molecule has 1 saturated heterocycles. The van der Waals surface area contributed by atoms with Crippen LogP contribution in [0.2, 0.25) is 0 Å². The highest BCUT2D eigenvalue weighted by Gasteiger charge is 2.24. The van der Waals surface area contributed by atoms with E-state index in [9.17, 15) is 4.79 Å². The van der Waals surface area contributed by atoms with Crippen molar-refractivity contribution in [3.63, 3.8) is 0 Å². The van der Waals surface area contributed by atoms with Gasteiger partial charge in [-0.2, -0.15) is 0 Å². The molecule has 0 bridgehead atoms. The van der Waals surface area contributed by atoms with E-state index in [1.54, 1.807) is 24.1 Å². The number of anilines is 2. The van der Waals surface area contributed by atoms with Crippen LogP contribution in [-0.4, -0.2) is 49.2 Å². The maximum absolute atomic E-state index is 12.3. The molecule has 1 fully saturated rings. The second-order valence-electron chi connectivity index (χ2n) is 5.45. The molecule has 1 amide bonds. The molecule has 0 radical (unpaired) electrons. The van der Waals surface area contributed by atoms with Crippen molar-refractivity contribution in [2.24, 2.45) is 5.92 Å². The van der Waals surface area contributed by atoms with E-state index < -0.39 is 0 Å². The van der Waals surface area contributed by atoms with Gasteiger partial charge in [0, 0.05) is 31.6 Å². The Kier molecular flexibility index (Phi) is 4.98. The fourth-order valence-corrected chi connectivity index (χ4v) is 2.61. The summed E-state index contributed by atoms with van der Waals surface area (Å²) in [5, 5.41) is 8.95. The topological polar surface area (TPSA) is 69.8 Å². The Morgan fingerprint density at radius 2 is 2.15 bits per heavy atom. The lowest BCUT2D eigenvalue weighted by molar-refractivity contribution is -0.119. The minimum absolute atomic E-state index is 0.0828. The Balaban J connectivity index is 1.87. The van der Waals surface area contributed by atoms with Crippen molar-refractivity contribution in [3.8, 4) is 0 Å². The molecule has 0 aliphatic carbocycles. The zero-order chi connectivity index (χ0) is 14.5. The smallest absolute Gasteiger partial charge is 0.240 e. The lowest BCUT2D eigenvalue weighted by atomic mass is 10.1. The predicted molar refractivity (Wildman–Crippen MR) is 80.5 cm³/mol. The van der Waals surface area contributed by atoms with Gasteiger partial charge in [0.2, 0.25) is 5.91 Å². The van der Waals surface area contributed by atoms with Crippen LogP contribution in [0.1, 0.15) is 12.8 Å². The Morgan fingerprint density at radius 1 is 1.45 bits per heavy atom. The first-order valence-corrected chi connectivity index (χ1v) is 7.05. The monoisotopic (exact) mass is 277 g/mol. The van der Waals surface area contributed by atoms with Crippen molar-refractivity contribution in [3.05, 3.63) is 24.3 Å². The van der Waals surface area contributed by atoms with Gasteiger partial charge in [-0.1, -0.05) is 0 Å². The van der Waals surface area contributed by atoms with Gasteiger partial charge in [-0.3, -0.25) is 9.69 Å². The van der Waals surface area contributed by atoms with Gasteiger partial charge in [0.15, 0.2) is 0 Å². The van der Waals surface area contributed by atoms with Crippen LogP contribution in [0.25, 0.3) is 0 Å². The number of aliphatic hydroxyl groups excluding tert-OH is 1. The Hall–Kier alpha value is -1.59. The average Bonchev–Trinajstić information content (AvgIpc) is 2.86. The SMILES string of the molecule is CN(C(=O)CN1CCC(CCO)C1)c1ccc(N)cc1. The number of rotatable bonds is 5. The number of amides is 1. The van der Waals surface area contributed by atoms with Crippen molar-refractivity contribution in [2.75, 3.05) is 43.9 Å². The molecule has 1 aliphatic rings. The van der Waals surface area contributed by atoms with E-state index in [1.165, 1.54) is 0 Å². The second-order valence-corrected chi connectivity index (χ2v) is 5.45. The minimum atomic E-state index is 0.0828. The Morgan fingerprint density at radius 3 is 2.80 bits per heavy atom. The molecule has 5 nitrogen and oxygen atoms in total.